The van der Waals surface area contributed by atoms with Gasteiger partial charge in [-0.2, -0.15) is 4.98 Å². The minimum absolute atomic E-state index is 0.243. The molecule has 0 saturated heterocycles. The van der Waals surface area contributed by atoms with Crippen LogP contribution >= 0.6 is 22.7 Å². The summed E-state index contributed by atoms with van der Waals surface area (Å²) in [5.74, 6) is 1.22. The van der Waals surface area contributed by atoms with Crippen LogP contribution < -0.4 is 15.4 Å². The lowest BCUT2D eigenvalue weighted by atomic mass is 10.3. The van der Waals surface area contributed by atoms with Crippen molar-refractivity contribution in [3.63, 3.8) is 0 Å². The Morgan fingerprint density at radius 2 is 1.72 bits per heavy atom. The zero-order valence-electron chi connectivity index (χ0n) is 17.7. The van der Waals surface area contributed by atoms with E-state index >= 15 is 0 Å². The van der Waals surface area contributed by atoms with E-state index in [1.807, 2.05) is 32.2 Å². The zero-order chi connectivity index (χ0) is 22.7. The van der Waals surface area contributed by atoms with Gasteiger partial charge in [0.05, 0.1) is 15.6 Å². The number of hydrogen-bond donors (Lipinski definition) is 3. The number of rotatable bonds is 8. The van der Waals surface area contributed by atoms with Crippen LogP contribution in [0.25, 0.3) is 10.6 Å². The molecule has 0 aliphatic heterocycles. The summed E-state index contributed by atoms with van der Waals surface area (Å²) in [4.78, 5) is 14.0. The Balaban J connectivity index is 1.46. The Kier molecular flexibility index (Phi) is 6.40. The van der Waals surface area contributed by atoms with Gasteiger partial charge in [-0.05, 0) is 57.2 Å². The van der Waals surface area contributed by atoms with Gasteiger partial charge < -0.3 is 10.6 Å². The number of anilines is 4. The van der Waals surface area contributed by atoms with Crippen molar-refractivity contribution in [2.45, 2.75) is 25.0 Å². The Labute approximate surface area is 194 Å². The molecule has 0 saturated carbocycles. The molecule has 0 bridgehead atoms. The maximum absolute atomic E-state index is 12.8. The second kappa shape index (κ2) is 9.23. The van der Waals surface area contributed by atoms with E-state index in [1.165, 1.54) is 22.7 Å². The molecule has 3 heterocycles. The van der Waals surface area contributed by atoms with Crippen molar-refractivity contribution in [1.82, 2.24) is 15.0 Å². The number of sulfonamides is 1. The number of hydrogen-bond acceptors (Lipinski definition) is 9. The highest BCUT2D eigenvalue weighted by molar-refractivity contribution is 7.94. The molecule has 3 aromatic heterocycles. The van der Waals surface area contributed by atoms with Gasteiger partial charge >= 0.3 is 0 Å². The summed E-state index contributed by atoms with van der Waals surface area (Å²) in [5, 5.41) is 9.19. The van der Waals surface area contributed by atoms with E-state index in [9.17, 15) is 8.42 Å². The summed E-state index contributed by atoms with van der Waals surface area (Å²) in [7, 11) is -3.69. The molecule has 1 aromatic carbocycles. The molecule has 0 amide bonds. The molecule has 0 spiro atoms. The molecule has 0 unspecified atom stereocenters. The number of aryl methyl sites for hydroxylation is 2. The summed E-state index contributed by atoms with van der Waals surface area (Å²) < 4.78 is 28.5. The van der Waals surface area contributed by atoms with Gasteiger partial charge in [0.25, 0.3) is 10.0 Å². The fourth-order valence-electron chi connectivity index (χ4n) is 2.92. The van der Waals surface area contributed by atoms with Crippen LogP contribution in [0.3, 0.4) is 0 Å². The van der Waals surface area contributed by atoms with Gasteiger partial charge in [-0.1, -0.05) is 0 Å². The molecule has 0 aliphatic carbocycles. The maximum Gasteiger partial charge on any atom is 0.271 e. The number of thiophene rings is 1. The third-order valence-corrected chi connectivity index (χ3v) is 8.07. The Bertz CT molecular complexity index is 1330. The monoisotopic (exact) mass is 486 g/mol. The summed E-state index contributed by atoms with van der Waals surface area (Å²) in [6, 6.07) is 12.2. The van der Waals surface area contributed by atoms with E-state index in [4.69, 9.17) is 0 Å². The summed E-state index contributed by atoms with van der Waals surface area (Å²) >= 11 is 2.74. The number of thiazole rings is 1. The molecule has 3 N–H and O–H groups in total. The SMILES string of the molecule is CCNc1nc(C)cc(Nc2ccc(NS(=O)(=O)c3ccc(-c4csc(C)n4)s3)cc2)n1. The van der Waals surface area contributed by atoms with E-state index in [2.05, 4.69) is 30.3 Å². The highest BCUT2D eigenvalue weighted by atomic mass is 32.2. The van der Waals surface area contributed by atoms with E-state index in [1.54, 1.807) is 36.4 Å². The van der Waals surface area contributed by atoms with Crippen molar-refractivity contribution in [2.75, 3.05) is 21.9 Å². The number of nitrogens with one attached hydrogen (secondary N) is 3. The first kappa shape index (κ1) is 22.2. The lowest BCUT2D eigenvalue weighted by Gasteiger charge is -2.10. The van der Waals surface area contributed by atoms with Crippen LogP contribution in [0.4, 0.5) is 23.1 Å². The third kappa shape index (κ3) is 5.23. The second-order valence-corrected chi connectivity index (χ2v) is 11.0. The van der Waals surface area contributed by atoms with Gasteiger partial charge in [-0.15, -0.1) is 22.7 Å². The fraction of sp³-hybridized carbons (Fsp3) is 0.190. The van der Waals surface area contributed by atoms with Crippen molar-refractivity contribution in [3.05, 3.63) is 58.5 Å². The molecule has 11 heteroatoms. The first-order chi connectivity index (χ1) is 15.3. The van der Waals surface area contributed by atoms with Gasteiger partial charge in [-0.3, -0.25) is 4.72 Å². The predicted molar refractivity (Wildman–Crippen MR) is 132 cm³/mol. The topological polar surface area (TPSA) is 109 Å². The van der Waals surface area contributed by atoms with Crippen molar-refractivity contribution >= 4 is 55.8 Å². The van der Waals surface area contributed by atoms with Crippen molar-refractivity contribution in [2.24, 2.45) is 0 Å². The Morgan fingerprint density at radius 1 is 0.969 bits per heavy atom. The molecule has 8 nitrogen and oxygen atoms in total. The highest BCUT2D eigenvalue weighted by Crippen LogP contribution is 2.32. The molecule has 4 aromatic rings. The largest absolute Gasteiger partial charge is 0.354 e. The van der Waals surface area contributed by atoms with Crippen LogP contribution in [0.2, 0.25) is 0 Å². The minimum Gasteiger partial charge on any atom is -0.354 e. The molecule has 0 radical (unpaired) electrons. The molecule has 166 valence electrons. The number of aromatic nitrogens is 3. The van der Waals surface area contributed by atoms with Crippen molar-refractivity contribution < 1.29 is 8.42 Å². The van der Waals surface area contributed by atoms with Gasteiger partial charge in [0.2, 0.25) is 5.95 Å². The van der Waals surface area contributed by atoms with Crippen LogP contribution in [-0.2, 0) is 10.0 Å². The van der Waals surface area contributed by atoms with Crippen LogP contribution in [0.5, 0.6) is 0 Å². The van der Waals surface area contributed by atoms with E-state index in [0.717, 1.165) is 33.5 Å². The number of nitrogens with zero attached hydrogens (tertiary/aromatic N) is 3. The van der Waals surface area contributed by atoms with Crippen LogP contribution in [0, 0.1) is 13.8 Å². The average Bonchev–Trinajstić information content (AvgIpc) is 3.39. The van der Waals surface area contributed by atoms with Crippen LogP contribution in [-0.4, -0.2) is 29.9 Å². The standard InChI is InChI=1S/C21H22N6O2S3/c1-4-22-21-23-13(2)11-19(26-21)25-15-5-7-16(8-6-15)27-32(28,29)20-10-9-18(31-20)17-12-30-14(3)24-17/h5-12,27H,4H2,1-3H3,(H2,22,23,25,26). The lowest BCUT2D eigenvalue weighted by Crippen LogP contribution is -2.11. The van der Waals surface area contributed by atoms with Gasteiger partial charge in [0.15, 0.2) is 0 Å². The number of benzene rings is 1. The highest BCUT2D eigenvalue weighted by Gasteiger charge is 2.18. The molecule has 0 atom stereocenters. The van der Waals surface area contributed by atoms with Crippen LogP contribution in [0.1, 0.15) is 17.6 Å². The van der Waals surface area contributed by atoms with Crippen molar-refractivity contribution in [1.29, 1.82) is 0 Å². The smallest absolute Gasteiger partial charge is 0.271 e. The first-order valence-corrected chi connectivity index (χ1v) is 13.0. The summed E-state index contributed by atoms with van der Waals surface area (Å²) in [6.45, 7) is 6.53. The van der Waals surface area contributed by atoms with Crippen molar-refractivity contribution in [3.8, 4) is 10.6 Å². The fourth-order valence-corrected chi connectivity index (χ4v) is 5.94. The maximum atomic E-state index is 12.8. The second-order valence-electron chi connectivity index (χ2n) is 6.93. The molecule has 0 fully saturated rings. The molecule has 4 rings (SSSR count). The molecule has 0 aliphatic rings. The van der Waals surface area contributed by atoms with Gasteiger partial charge in [-0.25, -0.2) is 18.4 Å². The summed E-state index contributed by atoms with van der Waals surface area (Å²) in [5.41, 5.74) is 2.89. The third-order valence-electron chi connectivity index (χ3n) is 4.32. The zero-order valence-corrected chi connectivity index (χ0v) is 20.2. The predicted octanol–water partition coefficient (Wildman–Crippen LogP) is 5.25. The Morgan fingerprint density at radius 3 is 2.41 bits per heavy atom. The van der Waals surface area contributed by atoms with E-state index < -0.39 is 10.0 Å². The lowest BCUT2D eigenvalue weighted by molar-refractivity contribution is 0.603. The van der Waals surface area contributed by atoms with Crippen LogP contribution in [0.15, 0.2) is 52.1 Å². The minimum atomic E-state index is -3.69. The molecule has 32 heavy (non-hydrogen) atoms. The Hall–Kier alpha value is -3.02. The van der Waals surface area contributed by atoms with E-state index in [-0.39, 0.29) is 4.21 Å². The quantitative estimate of drug-likeness (QED) is 0.312. The average molecular weight is 487 g/mol. The molecular formula is C21H22N6O2S3. The summed E-state index contributed by atoms with van der Waals surface area (Å²) in [6.07, 6.45) is 0. The van der Waals surface area contributed by atoms with E-state index in [0.29, 0.717) is 17.5 Å². The normalized spacial score (nSPS) is 11.3. The molecular weight excluding hydrogens is 464 g/mol. The van der Waals surface area contributed by atoms with Gasteiger partial charge in [0.1, 0.15) is 10.0 Å². The first-order valence-electron chi connectivity index (χ1n) is 9.84. The van der Waals surface area contributed by atoms with Gasteiger partial charge in [0, 0.05) is 35.1 Å².